The number of hydrogen-bond donors (Lipinski definition) is 2. The first kappa shape index (κ1) is 18.6. The summed E-state index contributed by atoms with van der Waals surface area (Å²) in [5, 5.41) is 5.78. The van der Waals surface area contributed by atoms with Crippen LogP contribution in [0.4, 0.5) is 0 Å². The van der Waals surface area contributed by atoms with Gasteiger partial charge in [0.25, 0.3) is 5.56 Å². The Balaban J connectivity index is 1.67. The average Bonchev–Trinajstić information content (AvgIpc) is 3.08. The Bertz CT molecular complexity index is 998. The van der Waals surface area contributed by atoms with Crippen molar-refractivity contribution in [1.82, 2.24) is 19.9 Å². The quantitative estimate of drug-likeness (QED) is 0.813. The molecule has 0 radical (unpaired) electrons. The van der Waals surface area contributed by atoms with E-state index in [2.05, 4.69) is 15.4 Å². The number of aromatic amines is 1. The molecule has 26 heavy (non-hydrogen) atoms. The zero-order valence-corrected chi connectivity index (χ0v) is 16.0. The van der Waals surface area contributed by atoms with Crippen LogP contribution in [0, 0.1) is 5.92 Å². The van der Waals surface area contributed by atoms with E-state index in [0.717, 1.165) is 5.69 Å². The summed E-state index contributed by atoms with van der Waals surface area (Å²) in [4.78, 5) is 28.7. The standard InChI is InChI=1S/C17H24N4O4S/c1-17(2,3)13-8-14-19-12(7-16(23)21(14)20-13)9-18-15(22)6-11-4-5-26(24,25)10-11/h7-8,11,20H,4-6,9-10H2,1-3H3,(H,18,22)/t11-/m1/s1. The lowest BCUT2D eigenvalue weighted by Gasteiger charge is -2.14. The van der Waals surface area contributed by atoms with Crippen LogP contribution in [0.25, 0.3) is 5.65 Å². The van der Waals surface area contributed by atoms with Gasteiger partial charge >= 0.3 is 0 Å². The number of H-pyrrole nitrogens is 1. The number of nitrogens with zero attached hydrogens (tertiary/aromatic N) is 2. The first-order valence-corrected chi connectivity index (χ1v) is 10.4. The van der Waals surface area contributed by atoms with Crippen molar-refractivity contribution >= 4 is 21.4 Å². The summed E-state index contributed by atoms with van der Waals surface area (Å²) in [7, 11) is -2.99. The minimum Gasteiger partial charge on any atom is -0.350 e. The molecule has 0 bridgehead atoms. The molecule has 8 nitrogen and oxygen atoms in total. The monoisotopic (exact) mass is 380 g/mol. The van der Waals surface area contributed by atoms with E-state index in [9.17, 15) is 18.0 Å². The smallest absolute Gasteiger partial charge is 0.272 e. The van der Waals surface area contributed by atoms with Crippen LogP contribution < -0.4 is 10.9 Å². The van der Waals surface area contributed by atoms with Gasteiger partial charge in [-0.25, -0.2) is 17.9 Å². The van der Waals surface area contributed by atoms with Crippen molar-refractivity contribution in [3.8, 4) is 0 Å². The van der Waals surface area contributed by atoms with Gasteiger partial charge in [0, 0.05) is 29.7 Å². The van der Waals surface area contributed by atoms with Crippen LogP contribution in [0.1, 0.15) is 45.0 Å². The fourth-order valence-electron chi connectivity index (χ4n) is 3.07. The minimum atomic E-state index is -2.99. The molecule has 9 heteroatoms. The molecule has 0 spiro atoms. The second-order valence-electron chi connectivity index (χ2n) is 7.95. The molecule has 3 rings (SSSR count). The highest BCUT2D eigenvalue weighted by Gasteiger charge is 2.29. The maximum absolute atomic E-state index is 12.2. The van der Waals surface area contributed by atoms with Crippen molar-refractivity contribution in [2.75, 3.05) is 11.5 Å². The molecule has 2 N–H and O–H groups in total. The SMILES string of the molecule is CC(C)(C)c1cc2nc(CNC(=O)C[C@H]3CCS(=O)(=O)C3)cc(=O)n2[nH]1. The maximum atomic E-state index is 12.2. The van der Waals surface area contributed by atoms with Gasteiger partial charge in [0.15, 0.2) is 15.5 Å². The number of aromatic nitrogens is 3. The van der Waals surface area contributed by atoms with Crippen molar-refractivity contribution in [2.45, 2.75) is 45.6 Å². The van der Waals surface area contributed by atoms with E-state index < -0.39 is 9.84 Å². The van der Waals surface area contributed by atoms with Gasteiger partial charge in [-0.05, 0) is 12.3 Å². The molecule has 1 aliphatic heterocycles. The molecule has 142 valence electrons. The van der Waals surface area contributed by atoms with Crippen LogP contribution in [-0.2, 0) is 26.6 Å². The third-order valence-corrected chi connectivity index (χ3v) is 6.42. The van der Waals surface area contributed by atoms with E-state index >= 15 is 0 Å². The molecule has 1 atom stereocenters. The molecule has 0 aliphatic carbocycles. The third-order valence-electron chi connectivity index (χ3n) is 4.58. The second kappa shape index (κ2) is 6.53. The third kappa shape index (κ3) is 4.14. The number of amides is 1. The van der Waals surface area contributed by atoms with E-state index in [1.807, 2.05) is 26.8 Å². The van der Waals surface area contributed by atoms with Crippen molar-refractivity contribution < 1.29 is 13.2 Å². The van der Waals surface area contributed by atoms with Crippen LogP contribution in [-0.4, -0.2) is 40.4 Å². The highest BCUT2D eigenvalue weighted by atomic mass is 32.2. The fraction of sp³-hybridized carbons (Fsp3) is 0.588. The van der Waals surface area contributed by atoms with Crippen molar-refractivity contribution in [3.63, 3.8) is 0 Å². The lowest BCUT2D eigenvalue weighted by Crippen LogP contribution is -2.27. The fourth-order valence-corrected chi connectivity index (χ4v) is 4.93. The Kier molecular flexibility index (Phi) is 4.68. The summed E-state index contributed by atoms with van der Waals surface area (Å²) in [5.41, 5.74) is 1.49. The summed E-state index contributed by atoms with van der Waals surface area (Å²) in [5.74, 6) is -0.118. The first-order valence-electron chi connectivity index (χ1n) is 8.63. The molecular weight excluding hydrogens is 356 g/mol. The number of sulfone groups is 1. The molecule has 1 amide bonds. The normalized spacial score (nSPS) is 19.7. The van der Waals surface area contributed by atoms with Crippen LogP contribution in [0.3, 0.4) is 0 Å². The topological polar surface area (TPSA) is 113 Å². The van der Waals surface area contributed by atoms with E-state index in [-0.39, 0.29) is 47.3 Å². The number of carbonyl (C=O) groups is 1. The highest BCUT2D eigenvalue weighted by molar-refractivity contribution is 7.91. The van der Waals surface area contributed by atoms with Crippen molar-refractivity contribution in [3.05, 3.63) is 33.9 Å². The summed E-state index contributed by atoms with van der Waals surface area (Å²) in [6.07, 6.45) is 0.707. The van der Waals surface area contributed by atoms with E-state index in [4.69, 9.17) is 0 Å². The largest absolute Gasteiger partial charge is 0.350 e. The van der Waals surface area contributed by atoms with E-state index in [0.29, 0.717) is 17.8 Å². The molecule has 2 aromatic heterocycles. The molecule has 0 unspecified atom stereocenters. The molecule has 0 aromatic carbocycles. The molecule has 1 aliphatic rings. The maximum Gasteiger partial charge on any atom is 0.272 e. The zero-order chi connectivity index (χ0) is 19.1. The van der Waals surface area contributed by atoms with E-state index in [1.54, 1.807) is 0 Å². The van der Waals surface area contributed by atoms with Gasteiger partial charge in [-0.15, -0.1) is 0 Å². The highest BCUT2D eigenvalue weighted by Crippen LogP contribution is 2.22. The molecular formula is C17H24N4O4S. The summed E-state index contributed by atoms with van der Waals surface area (Å²) in [6, 6.07) is 3.21. The predicted molar refractivity (Wildman–Crippen MR) is 97.7 cm³/mol. The predicted octanol–water partition coefficient (Wildman–Crippen LogP) is 0.761. The minimum absolute atomic E-state index is 0.0743. The molecule has 0 saturated carbocycles. The van der Waals surface area contributed by atoms with Gasteiger partial charge in [-0.2, -0.15) is 0 Å². The van der Waals surface area contributed by atoms with Gasteiger partial charge in [0.1, 0.15) is 0 Å². The van der Waals surface area contributed by atoms with Crippen LogP contribution in [0.5, 0.6) is 0 Å². The Morgan fingerprint density at radius 2 is 2.12 bits per heavy atom. The lowest BCUT2D eigenvalue weighted by molar-refractivity contribution is -0.122. The molecule has 1 saturated heterocycles. The van der Waals surface area contributed by atoms with Crippen LogP contribution >= 0.6 is 0 Å². The van der Waals surface area contributed by atoms with Crippen LogP contribution in [0.15, 0.2) is 16.9 Å². The summed E-state index contributed by atoms with van der Waals surface area (Å²) < 4.78 is 24.3. The Hall–Kier alpha value is -2.16. The Morgan fingerprint density at radius 1 is 1.38 bits per heavy atom. The number of nitrogens with one attached hydrogen (secondary N) is 2. The zero-order valence-electron chi connectivity index (χ0n) is 15.2. The summed E-state index contributed by atoms with van der Waals surface area (Å²) in [6.45, 7) is 6.24. The van der Waals surface area contributed by atoms with E-state index in [1.165, 1.54) is 10.6 Å². The number of hydrogen-bond acceptors (Lipinski definition) is 5. The van der Waals surface area contributed by atoms with Crippen molar-refractivity contribution in [1.29, 1.82) is 0 Å². The number of rotatable bonds is 4. The summed E-state index contributed by atoms with van der Waals surface area (Å²) >= 11 is 0. The molecule has 3 heterocycles. The lowest BCUT2D eigenvalue weighted by atomic mass is 9.93. The molecule has 2 aromatic rings. The second-order valence-corrected chi connectivity index (χ2v) is 10.2. The Morgan fingerprint density at radius 3 is 2.73 bits per heavy atom. The molecule has 1 fully saturated rings. The van der Waals surface area contributed by atoms with Crippen LogP contribution in [0.2, 0.25) is 0 Å². The van der Waals surface area contributed by atoms with Crippen molar-refractivity contribution in [2.24, 2.45) is 5.92 Å². The first-order chi connectivity index (χ1) is 12.0. The number of fused-ring (bicyclic) bond motifs is 1. The van der Waals surface area contributed by atoms with Gasteiger partial charge < -0.3 is 5.32 Å². The van der Waals surface area contributed by atoms with Gasteiger partial charge in [0.05, 0.1) is 23.7 Å². The van der Waals surface area contributed by atoms with Gasteiger partial charge in [-0.1, -0.05) is 20.8 Å². The average molecular weight is 380 g/mol. The van der Waals surface area contributed by atoms with Gasteiger partial charge in [0.2, 0.25) is 5.91 Å². The Labute approximate surface area is 151 Å². The number of carbonyl (C=O) groups excluding carboxylic acids is 1. The van der Waals surface area contributed by atoms with Gasteiger partial charge in [-0.3, -0.25) is 14.7 Å².